The highest BCUT2D eigenvalue weighted by molar-refractivity contribution is 5.61. The van der Waals surface area contributed by atoms with Crippen molar-refractivity contribution in [3.63, 3.8) is 0 Å². The first kappa shape index (κ1) is 21.8. The molecule has 3 heteroatoms. The van der Waals surface area contributed by atoms with Crippen molar-refractivity contribution in [1.29, 1.82) is 0 Å². The highest BCUT2D eigenvalue weighted by Gasteiger charge is 2.34. The number of rotatable bonds is 3. The Hall–Kier alpha value is -2.00. The molecule has 5 rings (SSSR count). The lowest BCUT2D eigenvalue weighted by Crippen LogP contribution is -2.37. The van der Waals surface area contributed by atoms with Crippen LogP contribution in [-0.2, 0) is 4.74 Å². The molecule has 0 radical (unpaired) electrons. The van der Waals surface area contributed by atoms with Crippen LogP contribution in [0.15, 0.2) is 36.4 Å². The van der Waals surface area contributed by atoms with E-state index in [1.807, 2.05) is 0 Å². The summed E-state index contributed by atoms with van der Waals surface area (Å²) in [5.41, 5.74) is 8.62. The van der Waals surface area contributed by atoms with Crippen LogP contribution in [-0.4, -0.2) is 23.8 Å². The van der Waals surface area contributed by atoms with E-state index in [0.29, 0.717) is 11.8 Å². The molecule has 0 bridgehead atoms. The molecule has 2 aromatic rings. The third-order valence-corrected chi connectivity index (χ3v) is 7.85. The van der Waals surface area contributed by atoms with Gasteiger partial charge in [0.2, 0.25) is 0 Å². The maximum absolute atomic E-state index is 6.30. The third kappa shape index (κ3) is 4.05. The maximum atomic E-state index is 6.30. The zero-order valence-corrected chi connectivity index (χ0v) is 20.7. The first-order chi connectivity index (χ1) is 15.1. The van der Waals surface area contributed by atoms with E-state index in [1.54, 1.807) is 0 Å². The SMILES string of the molecule is CC1CC(C)(C)Nc2ccc(C(c3ccc4c(c3)C(C)CC(C)(C)N4)C3CCCO3)cc21. The van der Waals surface area contributed by atoms with E-state index in [-0.39, 0.29) is 23.1 Å². The molecule has 0 aliphatic carbocycles. The van der Waals surface area contributed by atoms with Crippen molar-refractivity contribution in [3.05, 3.63) is 58.7 Å². The van der Waals surface area contributed by atoms with Gasteiger partial charge in [0.25, 0.3) is 0 Å². The average Bonchev–Trinajstić information content (AvgIpc) is 3.22. The van der Waals surface area contributed by atoms with E-state index in [1.165, 1.54) is 33.6 Å². The largest absolute Gasteiger partial charge is 0.380 e. The van der Waals surface area contributed by atoms with Crippen LogP contribution in [0.5, 0.6) is 0 Å². The van der Waals surface area contributed by atoms with Crippen molar-refractivity contribution in [1.82, 2.24) is 0 Å². The second kappa shape index (κ2) is 7.80. The van der Waals surface area contributed by atoms with Gasteiger partial charge < -0.3 is 15.4 Å². The van der Waals surface area contributed by atoms with Crippen molar-refractivity contribution < 1.29 is 4.74 Å². The number of nitrogens with one attached hydrogen (secondary N) is 2. The van der Waals surface area contributed by atoms with E-state index >= 15 is 0 Å². The lowest BCUT2D eigenvalue weighted by molar-refractivity contribution is 0.0982. The molecule has 3 aliphatic rings. The molecule has 2 N–H and O–H groups in total. The molecular formula is C29H40N2O. The zero-order chi connectivity index (χ0) is 22.7. The van der Waals surface area contributed by atoms with E-state index in [9.17, 15) is 0 Å². The molecule has 3 aliphatic heterocycles. The lowest BCUT2D eigenvalue weighted by atomic mass is 9.77. The van der Waals surface area contributed by atoms with Crippen molar-refractivity contribution in [2.75, 3.05) is 17.2 Å². The van der Waals surface area contributed by atoms with Crippen molar-refractivity contribution >= 4 is 11.4 Å². The number of hydrogen-bond donors (Lipinski definition) is 2. The minimum Gasteiger partial charge on any atom is -0.380 e. The van der Waals surface area contributed by atoms with E-state index in [4.69, 9.17) is 4.74 Å². The normalized spacial score (nSPS) is 28.8. The summed E-state index contributed by atoms with van der Waals surface area (Å²) in [6, 6.07) is 14.3. The molecule has 2 aromatic carbocycles. The molecule has 0 aromatic heterocycles. The van der Waals surface area contributed by atoms with Gasteiger partial charge >= 0.3 is 0 Å². The first-order valence-corrected chi connectivity index (χ1v) is 12.6. The maximum Gasteiger partial charge on any atom is 0.0685 e. The quantitative estimate of drug-likeness (QED) is 0.530. The summed E-state index contributed by atoms with van der Waals surface area (Å²) in [5, 5.41) is 7.51. The minimum absolute atomic E-state index is 0.150. The smallest absolute Gasteiger partial charge is 0.0685 e. The van der Waals surface area contributed by atoms with Gasteiger partial charge in [-0.15, -0.1) is 0 Å². The molecule has 3 unspecified atom stereocenters. The monoisotopic (exact) mass is 432 g/mol. The Morgan fingerprint density at radius 2 is 1.31 bits per heavy atom. The lowest BCUT2D eigenvalue weighted by Gasteiger charge is -2.39. The Labute approximate surface area is 194 Å². The molecular weight excluding hydrogens is 392 g/mol. The highest BCUT2D eigenvalue weighted by Crippen LogP contribution is 2.45. The summed E-state index contributed by atoms with van der Waals surface area (Å²) in [6.07, 6.45) is 4.88. The molecule has 1 saturated heterocycles. The van der Waals surface area contributed by atoms with Crippen LogP contribution in [0.3, 0.4) is 0 Å². The summed E-state index contributed by atoms with van der Waals surface area (Å²) >= 11 is 0. The van der Waals surface area contributed by atoms with Gasteiger partial charge in [-0.3, -0.25) is 0 Å². The molecule has 3 nitrogen and oxygen atoms in total. The summed E-state index contributed by atoms with van der Waals surface area (Å²) in [7, 11) is 0. The van der Waals surface area contributed by atoms with E-state index in [2.05, 4.69) is 88.6 Å². The molecule has 3 atom stereocenters. The zero-order valence-electron chi connectivity index (χ0n) is 20.7. The number of fused-ring (bicyclic) bond motifs is 2. The molecule has 0 spiro atoms. The number of anilines is 2. The fraction of sp³-hybridized carbons (Fsp3) is 0.586. The summed E-state index contributed by atoms with van der Waals surface area (Å²) < 4.78 is 6.30. The Morgan fingerprint density at radius 3 is 1.75 bits per heavy atom. The number of benzene rings is 2. The fourth-order valence-corrected chi connectivity index (χ4v) is 6.66. The van der Waals surface area contributed by atoms with Crippen LogP contribution in [0.4, 0.5) is 11.4 Å². The third-order valence-electron chi connectivity index (χ3n) is 7.85. The first-order valence-electron chi connectivity index (χ1n) is 12.6. The van der Waals surface area contributed by atoms with Gasteiger partial charge in [0.1, 0.15) is 0 Å². The summed E-state index contributed by atoms with van der Waals surface area (Å²) in [4.78, 5) is 0. The van der Waals surface area contributed by atoms with Crippen molar-refractivity contribution in [2.24, 2.45) is 0 Å². The molecule has 1 fully saturated rings. The van der Waals surface area contributed by atoms with Gasteiger partial charge in [-0.25, -0.2) is 0 Å². The second-order valence-corrected chi connectivity index (χ2v) is 12.0. The minimum atomic E-state index is 0.150. The molecule has 0 amide bonds. The standard InChI is InChI=1S/C29H40N2O/c1-18-16-28(3,4)30-24-11-9-20(14-22(18)24)27(26-8-7-13-32-26)21-10-12-25-23(15-21)19(2)17-29(5,6)31-25/h9-12,14-15,18-19,26-27,30-31H,7-8,13,16-17H2,1-6H3. The Bertz CT molecular complexity index is 929. The predicted octanol–water partition coefficient (Wildman–Crippen LogP) is 7.39. The van der Waals surface area contributed by atoms with Gasteiger partial charge in [0, 0.05) is 35.0 Å². The topological polar surface area (TPSA) is 33.3 Å². The second-order valence-electron chi connectivity index (χ2n) is 12.0. The average molecular weight is 433 g/mol. The van der Waals surface area contributed by atoms with Crippen LogP contribution >= 0.6 is 0 Å². The van der Waals surface area contributed by atoms with Gasteiger partial charge in [-0.05, 0) is 99.6 Å². The van der Waals surface area contributed by atoms with Crippen LogP contribution in [0.1, 0.15) is 107 Å². The van der Waals surface area contributed by atoms with E-state index in [0.717, 1.165) is 32.3 Å². The van der Waals surface area contributed by atoms with Crippen molar-refractivity contribution in [2.45, 2.75) is 102 Å². The van der Waals surface area contributed by atoms with Crippen LogP contribution in [0.2, 0.25) is 0 Å². The van der Waals surface area contributed by atoms with Crippen LogP contribution in [0.25, 0.3) is 0 Å². The molecule has 172 valence electrons. The van der Waals surface area contributed by atoms with Crippen molar-refractivity contribution in [3.8, 4) is 0 Å². The van der Waals surface area contributed by atoms with E-state index < -0.39 is 0 Å². The van der Waals surface area contributed by atoms with Gasteiger partial charge in [0.05, 0.1) is 6.10 Å². The Balaban J connectivity index is 1.55. The fourth-order valence-electron chi connectivity index (χ4n) is 6.66. The highest BCUT2D eigenvalue weighted by atomic mass is 16.5. The summed E-state index contributed by atoms with van der Waals surface area (Å²) in [6.45, 7) is 14.9. The van der Waals surface area contributed by atoms with Gasteiger partial charge in [-0.1, -0.05) is 38.1 Å². The van der Waals surface area contributed by atoms with Gasteiger partial charge in [0.15, 0.2) is 0 Å². The molecule has 0 saturated carbocycles. The Kier molecular flexibility index (Phi) is 5.32. The molecule has 3 heterocycles. The van der Waals surface area contributed by atoms with Crippen LogP contribution in [0, 0.1) is 0 Å². The molecule has 32 heavy (non-hydrogen) atoms. The number of hydrogen-bond acceptors (Lipinski definition) is 3. The Morgan fingerprint density at radius 1 is 0.812 bits per heavy atom. The summed E-state index contributed by atoms with van der Waals surface area (Å²) in [5.74, 6) is 1.40. The predicted molar refractivity (Wildman–Crippen MR) is 135 cm³/mol. The van der Waals surface area contributed by atoms with Crippen LogP contribution < -0.4 is 10.6 Å². The number of ether oxygens (including phenoxy) is 1. The van der Waals surface area contributed by atoms with Gasteiger partial charge in [-0.2, -0.15) is 0 Å².